The molecule has 0 aromatic rings. The Hall–Kier alpha value is -4.31. The van der Waals surface area contributed by atoms with Gasteiger partial charge >= 0.3 is 17.9 Å². The summed E-state index contributed by atoms with van der Waals surface area (Å²) in [5.41, 5.74) is 0. The van der Waals surface area contributed by atoms with Crippen molar-refractivity contribution in [1.82, 2.24) is 0 Å². The Morgan fingerprint density at radius 1 is 0.383 bits per heavy atom. The summed E-state index contributed by atoms with van der Waals surface area (Å²) in [4.78, 5) is 37.6. The summed E-state index contributed by atoms with van der Waals surface area (Å²) in [6.07, 6.45) is 84.3. The summed E-state index contributed by atoms with van der Waals surface area (Å²) < 4.78 is 22.9. The summed E-state index contributed by atoms with van der Waals surface area (Å²) in [5, 5.41) is 9.73. The number of likely N-dealkylation sites (N-methyl/N-ethyl adjacent to an activating group) is 1. The molecule has 2 unspecified atom stereocenters. The van der Waals surface area contributed by atoms with Crippen LogP contribution < -0.4 is 0 Å². The smallest absolute Gasteiger partial charge is 0.361 e. The highest BCUT2D eigenvalue weighted by Gasteiger charge is 2.25. The van der Waals surface area contributed by atoms with Crippen LogP contribution in [-0.4, -0.2) is 87.4 Å². The van der Waals surface area contributed by atoms with Crippen LogP contribution in [0.3, 0.4) is 0 Å². The molecule has 0 heterocycles. The van der Waals surface area contributed by atoms with Crippen LogP contribution in [0.4, 0.5) is 0 Å². The zero-order valence-electron chi connectivity index (χ0n) is 52.7. The summed E-state index contributed by atoms with van der Waals surface area (Å²) in [6.45, 7) is 4.74. The van der Waals surface area contributed by atoms with Crippen molar-refractivity contribution in [2.75, 3.05) is 47.5 Å². The van der Waals surface area contributed by atoms with E-state index in [2.05, 4.69) is 135 Å². The summed E-state index contributed by atoms with van der Waals surface area (Å²) in [6, 6.07) is 0. The Morgan fingerprint density at radius 3 is 1.05 bits per heavy atom. The van der Waals surface area contributed by atoms with Crippen LogP contribution in [0, 0.1) is 0 Å². The van der Waals surface area contributed by atoms with Crippen LogP contribution in [0.25, 0.3) is 0 Å². The number of hydrogen-bond donors (Lipinski definition) is 1. The highest BCUT2D eigenvalue weighted by Crippen LogP contribution is 2.16. The average molecular weight is 1130 g/mol. The van der Waals surface area contributed by atoms with E-state index in [0.717, 1.165) is 103 Å². The lowest BCUT2D eigenvalue weighted by Gasteiger charge is -2.25. The molecule has 0 aromatic heterocycles. The van der Waals surface area contributed by atoms with E-state index < -0.39 is 24.3 Å². The lowest BCUT2D eigenvalue weighted by molar-refractivity contribution is -0.870. The standard InChI is InChI=1S/C72H121NO8/c1-6-8-10-12-14-16-18-20-22-24-26-28-30-32-34-35-37-39-41-43-45-47-49-51-53-55-57-59-61-63-70(75)81-68(67-80-72(71(76)77)78-65-64-73(3,4)5)66-79-69(74)62-60-58-56-54-52-50-48-46-44-42-40-38-36-33-31-29-27-25-23-21-19-17-15-13-11-9-7-2/h8,10,14,16,19-22,25-28,31-34,37,39,43,45,68,72H,6-7,9,11-13,15,17-18,23-24,29-30,35-36,38,40-42,44,46-67H2,1-5H3/p+1/b10-8-,16-14-,21-19-,22-20-,27-25-,28-26-,33-31-,34-32-,39-37-,45-43-. The Balaban J connectivity index is 4.24. The molecule has 0 aromatic carbocycles. The molecule has 0 radical (unpaired) electrons. The third kappa shape index (κ3) is 63.1. The summed E-state index contributed by atoms with van der Waals surface area (Å²) >= 11 is 0. The van der Waals surface area contributed by atoms with Crippen molar-refractivity contribution in [2.45, 2.75) is 270 Å². The second-order valence-corrected chi connectivity index (χ2v) is 22.7. The summed E-state index contributed by atoms with van der Waals surface area (Å²) in [5.74, 6) is -2.03. The molecule has 0 aliphatic carbocycles. The fourth-order valence-electron chi connectivity index (χ4n) is 8.71. The topological polar surface area (TPSA) is 108 Å². The molecule has 0 rings (SSSR count). The molecule has 9 heteroatoms. The molecule has 462 valence electrons. The fourth-order valence-corrected chi connectivity index (χ4v) is 8.71. The maximum atomic E-state index is 12.9. The predicted octanol–water partition coefficient (Wildman–Crippen LogP) is 20.0. The summed E-state index contributed by atoms with van der Waals surface area (Å²) in [7, 11) is 5.96. The molecule has 0 saturated carbocycles. The molecule has 0 aliphatic rings. The number of unbranched alkanes of at least 4 members (excludes halogenated alkanes) is 24. The quantitative estimate of drug-likeness (QED) is 0.0211. The van der Waals surface area contributed by atoms with Crippen molar-refractivity contribution in [3.05, 3.63) is 122 Å². The first-order valence-electron chi connectivity index (χ1n) is 32.7. The van der Waals surface area contributed by atoms with E-state index in [1.807, 2.05) is 21.1 Å². The number of aliphatic carboxylic acids is 1. The van der Waals surface area contributed by atoms with Crippen molar-refractivity contribution in [3.63, 3.8) is 0 Å². The molecule has 0 saturated heterocycles. The highest BCUT2D eigenvalue weighted by atomic mass is 16.7. The molecule has 9 nitrogen and oxygen atoms in total. The van der Waals surface area contributed by atoms with E-state index in [4.69, 9.17) is 18.9 Å². The Morgan fingerprint density at radius 2 is 0.704 bits per heavy atom. The van der Waals surface area contributed by atoms with E-state index in [9.17, 15) is 19.5 Å². The van der Waals surface area contributed by atoms with E-state index >= 15 is 0 Å². The van der Waals surface area contributed by atoms with Gasteiger partial charge in [0, 0.05) is 12.8 Å². The molecule has 81 heavy (non-hydrogen) atoms. The SMILES string of the molecule is CC/C=C\C/C=C\C/C=C\C/C=C\C/C=C\C/C=C\C/C=C\CCCCCCCCCC(=O)OC(COC(=O)CCCCCCCCCCCCCC/C=C\C/C=C\C/C=C\CCCCCCC)COC(OCC[N+](C)(C)C)C(=O)O. The van der Waals surface area contributed by atoms with E-state index in [1.54, 1.807) is 0 Å². The number of ether oxygens (including phenoxy) is 4. The minimum atomic E-state index is -1.52. The van der Waals surface area contributed by atoms with Gasteiger partial charge in [0.2, 0.25) is 0 Å². The first kappa shape index (κ1) is 76.7. The van der Waals surface area contributed by atoms with Crippen molar-refractivity contribution in [3.8, 4) is 0 Å². The van der Waals surface area contributed by atoms with Gasteiger partial charge in [-0.25, -0.2) is 4.79 Å². The zero-order chi connectivity index (χ0) is 59.1. The van der Waals surface area contributed by atoms with Gasteiger partial charge in [-0.05, 0) is 109 Å². The lowest BCUT2D eigenvalue weighted by Crippen LogP contribution is -2.40. The van der Waals surface area contributed by atoms with Crippen LogP contribution >= 0.6 is 0 Å². The zero-order valence-corrected chi connectivity index (χ0v) is 52.7. The van der Waals surface area contributed by atoms with Crippen molar-refractivity contribution in [1.29, 1.82) is 0 Å². The molecular formula is C72H122NO8+. The van der Waals surface area contributed by atoms with Gasteiger partial charge in [0.25, 0.3) is 6.29 Å². The van der Waals surface area contributed by atoms with Gasteiger partial charge in [0.15, 0.2) is 6.10 Å². The van der Waals surface area contributed by atoms with Crippen LogP contribution in [-0.2, 0) is 33.3 Å². The van der Waals surface area contributed by atoms with Gasteiger partial charge in [-0.1, -0.05) is 257 Å². The molecule has 0 fully saturated rings. The van der Waals surface area contributed by atoms with E-state index in [1.165, 1.54) is 122 Å². The molecule has 0 aliphatic heterocycles. The molecule has 1 N–H and O–H groups in total. The number of carbonyl (C=O) groups excluding carboxylic acids is 2. The maximum absolute atomic E-state index is 12.9. The molecular weight excluding hydrogens is 1010 g/mol. The first-order chi connectivity index (χ1) is 39.6. The number of hydrogen-bond acceptors (Lipinski definition) is 7. The van der Waals surface area contributed by atoms with Gasteiger partial charge in [-0.3, -0.25) is 9.59 Å². The van der Waals surface area contributed by atoms with Crippen LogP contribution in [0.5, 0.6) is 0 Å². The van der Waals surface area contributed by atoms with Gasteiger partial charge in [0.1, 0.15) is 13.2 Å². The second kappa shape index (κ2) is 61.8. The second-order valence-electron chi connectivity index (χ2n) is 22.7. The number of nitrogens with zero attached hydrogens (tertiary/aromatic N) is 1. The lowest BCUT2D eigenvalue weighted by atomic mass is 10.0. The van der Waals surface area contributed by atoms with Gasteiger partial charge in [-0.2, -0.15) is 0 Å². The minimum Gasteiger partial charge on any atom is -0.477 e. The van der Waals surface area contributed by atoms with Crippen molar-refractivity contribution in [2.24, 2.45) is 0 Å². The molecule has 0 amide bonds. The fraction of sp³-hybridized carbons (Fsp3) is 0.681. The van der Waals surface area contributed by atoms with Crippen LogP contribution in [0.15, 0.2) is 122 Å². The van der Waals surface area contributed by atoms with Crippen molar-refractivity contribution >= 4 is 17.9 Å². The Bertz CT molecular complexity index is 1740. The number of carbonyl (C=O) groups is 3. The third-order valence-electron chi connectivity index (χ3n) is 13.7. The highest BCUT2D eigenvalue weighted by molar-refractivity contribution is 5.71. The first-order valence-corrected chi connectivity index (χ1v) is 32.7. The van der Waals surface area contributed by atoms with E-state index in [-0.39, 0.29) is 32.2 Å². The van der Waals surface area contributed by atoms with Gasteiger partial charge in [0.05, 0.1) is 34.4 Å². The normalized spacial score (nSPS) is 13.5. The predicted molar refractivity (Wildman–Crippen MR) is 345 cm³/mol. The van der Waals surface area contributed by atoms with Crippen molar-refractivity contribution < 1.29 is 42.9 Å². The Labute approximate surface area is 497 Å². The average Bonchev–Trinajstić information content (AvgIpc) is 3.44. The van der Waals surface area contributed by atoms with Gasteiger partial charge in [-0.15, -0.1) is 0 Å². The monoisotopic (exact) mass is 1130 g/mol. The number of rotatable bonds is 59. The number of allylic oxidation sites excluding steroid dienone is 20. The Kier molecular flexibility index (Phi) is 58.5. The largest absolute Gasteiger partial charge is 0.477 e. The van der Waals surface area contributed by atoms with Crippen LogP contribution in [0.2, 0.25) is 0 Å². The maximum Gasteiger partial charge on any atom is 0.361 e. The molecule has 2 atom stereocenters. The van der Waals surface area contributed by atoms with Crippen LogP contribution in [0.1, 0.15) is 258 Å². The number of esters is 2. The molecule has 0 spiro atoms. The third-order valence-corrected chi connectivity index (χ3v) is 13.7. The van der Waals surface area contributed by atoms with E-state index in [0.29, 0.717) is 23.9 Å². The minimum absolute atomic E-state index is 0.179. The number of carboxylic acids is 1. The number of quaternary nitrogens is 1. The molecule has 0 bridgehead atoms. The van der Waals surface area contributed by atoms with Gasteiger partial charge < -0.3 is 28.5 Å². The number of carboxylic acid groups (broad SMARTS) is 1.